The van der Waals surface area contributed by atoms with Crippen LogP contribution in [0.5, 0.6) is 0 Å². The summed E-state index contributed by atoms with van der Waals surface area (Å²) >= 11 is 0. The third-order valence-corrected chi connectivity index (χ3v) is 4.39. The van der Waals surface area contributed by atoms with Crippen LogP contribution in [-0.4, -0.2) is 49.9 Å². The van der Waals surface area contributed by atoms with Gasteiger partial charge in [0.15, 0.2) is 18.9 Å². The lowest BCUT2D eigenvalue weighted by Gasteiger charge is -2.45. The quantitative estimate of drug-likeness (QED) is 0.846. The van der Waals surface area contributed by atoms with Crippen LogP contribution in [0.15, 0.2) is 30.3 Å². The van der Waals surface area contributed by atoms with Crippen molar-refractivity contribution in [3.8, 4) is 0 Å². The predicted molar refractivity (Wildman–Crippen MR) is 79.4 cm³/mol. The standard InChI is InChI=1S/C17H22O6/c1-10-18-9-13-14(20-10)15(16-17(23-13)22-11(2)21-16)19-8-12-6-4-3-5-7-12/h3-7,10-11,13-17H,8-9H2,1-2H3/t10?,11?,13-,14-,15-,16-,17+/m1/s1. The van der Waals surface area contributed by atoms with Gasteiger partial charge in [-0.15, -0.1) is 0 Å². The van der Waals surface area contributed by atoms with Crippen LogP contribution in [0.2, 0.25) is 0 Å². The van der Waals surface area contributed by atoms with Gasteiger partial charge in [0, 0.05) is 0 Å². The number of hydrogen-bond donors (Lipinski definition) is 0. The SMILES string of the molecule is CC1O[C@H]2O[C@@H]3COC(C)O[C@H]3[C@@H](OCc3ccccc3)[C@H]2O1. The van der Waals surface area contributed by atoms with E-state index in [0.717, 1.165) is 5.56 Å². The van der Waals surface area contributed by atoms with Gasteiger partial charge in [0.1, 0.15) is 24.4 Å². The first-order valence-corrected chi connectivity index (χ1v) is 8.09. The van der Waals surface area contributed by atoms with Gasteiger partial charge >= 0.3 is 0 Å². The van der Waals surface area contributed by atoms with Crippen molar-refractivity contribution in [1.29, 1.82) is 0 Å². The highest BCUT2D eigenvalue weighted by atomic mass is 16.8. The lowest BCUT2D eigenvalue weighted by atomic mass is 9.98. The molecule has 0 bridgehead atoms. The van der Waals surface area contributed by atoms with E-state index in [1.54, 1.807) is 0 Å². The van der Waals surface area contributed by atoms with Gasteiger partial charge in [-0.3, -0.25) is 0 Å². The average Bonchev–Trinajstić information content (AvgIpc) is 2.92. The number of fused-ring (bicyclic) bond motifs is 2. The van der Waals surface area contributed by atoms with Crippen molar-refractivity contribution >= 4 is 0 Å². The molecule has 2 unspecified atom stereocenters. The van der Waals surface area contributed by atoms with Crippen molar-refractivity contribution in [2.75, 3.05) is 6.61 Å². The minimum absolute atomic E-state index is 0.206. The predicted octanol–water partition coefficient (Wildman–Crippen LogP) is 1.82. The second-order valence-corrected chi connectivity index (χ2v) is 6.11. The summed E-state index contributed by atoms with van der Waals surface area (Å²) in [4.78, 5) is 0. The Morgan fingerprint density at radius 3 is 2.57 bits per heavy atom. The van der Waals surface area contributed by atoms with Gasteiger partial charge in [-0.2, -0.15) is 0 Å². The van der Waals surface area contributed by atoms with E-state index in [-0.39, 0.29) is 37.0 Å². The lowest BCUT2D eigenvalue weighted by molar-refractivity contribution is -0.337. The maximum absolute atomic E-state index is 6.18. The van der Waals surface area contributed by atoms with E-state index in [9.17, 15) is 0 Å². The molecule has 1 aromatic carbocycles. The molecule has 3 fully saturated rings. The molecule has 0 N–H and O–H groups in total. The molecule has 3 heterocycles. The third kappa shape index (κ3) is 3.15. The normalized spacial score (nSPS) is 43.0. The first-order valence-electron chi connectivity index (χ1n) is 8.09. The number of ether oxygens (including phenoxy) is 6. The molecule has 3 saturated heterocycles. The topological polar surface area (TPSA) is 55.4 Å². The van der Waals surface area contributed by atoms with Crippen LogP contribution in [0.1, 0.15) is 19.4 Å². The second-order valence-electron chi connectivity index (χ2n) is 6.11. The van der Waals surface area contributed by atoms with Crippen molar-refractivity contribution in [2.24, 2.45) is 0 Å². The minimum Gasteiger partial charge on any atom is -0.368 e. The van der Waals surface area contributed by atoms with Crippen LogP contribution < -0.4 is 0 Å². The Kier molecular flexibility index (Phi) is 4.36. The summed E-state index contributed by atoms with van der Waals surface area (Å²) in [5.74, 6) is 0. The highest BCUT2D eigenvalue weighted by Crippen LogP contribution is 2.36. The lowest BCUT2D eigenvalue weighted by Crippen LogP contribution is -2.62. The Labute approximate surface area is 135 Å². The van der Waals surface area contributed by atoms with Gasteiger partial charge in [-0.05, 0) is 19.4 Å². The van der Waals surface area contributed by atoms with E-state index in [4.69, 9.17) is 28.4 Å². The summed E-state index contributed by atoms with van der Waals surface area (Å²) in [6.07, 6.45) is -2.01. The third-order valence-electron chi connectivity index (χ3n) is 4.39. The zero-order valence-corrected chi connectivity index (χ0v) is 13.3. The summed E-state index contributed by atoms with van der Waals surface area (Å²) < 4.78 is 35.1. The van der Waals surface area contributed by atoms with Crippen LogP contribution in [0.4, 0.5) is 0 Å². The van der Waals surface area contributed by atoms with Crippen molar-refractivity contribution in [3.05, 3.63) is 35.9 Å². The Morgan fingerprint density at radius 2 is 1.74 bits per heavy atom. The Hall–Kier alpha value is -1.02. The molecule has 23 heavy (non-hydrogen) atoms. The molecule has 0 aromatic heterocycles. The Morgan fingerprint density at radius 1 is 0.957 bits per heavy atom. The molecule has 1 aromatic rings. The van der Waals surface area contributed by atoms with E-state index < -0.39 is 6.29 Å². The molecule has 0 radical (unpaired) electrons. The van der Waals surface area contributed by atoms with Gasteiger partial charge in [-0.1, -0.05) is 30.3 Å². The Bertz CT molecular complexity index is 523. The monoisotopic (exact) mass is 322 g/mol. The molecule has 0 saturated carbocycles. The van der Waals surface area contributed by atoms with Crippen molar-refractivity contribution in [1.82, 2.24) is 0 Å². The summed E-state index contributed by atoms with van der Waals surface area (Å²) in [5.41, 5.74) is 1.11. The van der Waals surface area contributed by atoms with Crippen molar-refractivity contribution in [2.45, 2.75) is 63.7 Å². The molecular formula is C17H22O6. The fraction of sp³-hybridized carbons (Fsp3) is 0.647. The van der Waals surface area contributed by atoms with Crippen LogP contribution in [0, 0.1) is 0 Å². The summed E-state index contributed by atoms with van der Waals surface area (Å²) in [5, 5.41) is 0. The summed E-state index contributed by atoms with van der Waals surface area (Å²) in [7, 11) is 0. The fourth-order valence-corrected chi connectivity index (χ4v) is 3.32. The van der Waals surface area contributed by atoms with Crippen LogP contribution >= 0.6 is 0 Å². The molecular weight excluding hydrogens is 300 g/mol. The minimum atomic E-state index is -0.437. The van der Waals surface area contributed by atoms with Gasteiger partial charge < -0.3 is 28.4 Å². The van der Waals surface area contributed by atoms with Crippen LogP contribution in [-0.2, 0) is 35.0 Å². The second kappa shape index (κ2) is 6.47. The van der Waals surface area contributed by atoms with E-state index in [0.29, 0.717) is 13.2 Å². The van der Waals surface area contributed by atoms with E-state index in [1.165, 1.54) is 0 Å². The van der Waals surface area contributed by atoms with E-state index in [1.807, 2.05) is 44.2 Å². The first kappa shape index (κ1) is 15.5. The molecule has 0 aliphatic carbocycles. The molecule has 6 nitrogen and oxygen atoms in total. The van der Waals surface area contributed by atoms with Gasteiger partial charge in [0.25, 0.3) is 0 Å². The molecule has 0 spiro atoms. The average molecular weight is 322 g/mol. The van der Waals surface area contributed by atoms with Gasteiger partial charge in [0.2, 0.25) is 0 Å². The number of rotatable bonds is 3. The Balaban J connectivity index is 1.52. The summed E-state index contributed by atoms with van der Waals surface area (Å²) in [6.45, 7) is 4.71. The number of benzene rings is 1. The fourth-order valence-electron chi connectivity index (χ4n) is 3.32. The zero-order valence-electron chi connectivity index (χ0n) is 13.3. The molecule has 7 atom stereocenters. The van der Waals surface area contributed by atoms with E-state index >= 15 is 0 Å². The van der Waals surface area contributed by atoms with Crippen molar-refractivity contribution < 1.29 is 28.4 Å². The van der Waals surface area contributed by atoms with E-state index in [2.05, 4.69) is 0 Å². The van der Waals surface area contributed by atoms with Crippen LogP contribution in [0.3, 0.4) is 0 Å². The maximum Gasteiger partial charge on any atom is 0.190 e. The molecule has 6 heteroatoms. The largest absolute Gasteiger partial charge is 0.368 e. The van der Waals surface area contributed by atoms with Crippen molar-refractivity contribution in [3.63, 3.8) is 0 Å². The zero-order chi connectivity index (χ0) is 15.8. The molecule has 3 aliphatic heterocycles. The first-order chi connectivity index (χ1) is 11.2. The number of hydrogen-bond acceptors (Lipinski definition) is 6. The van der Waals surface area contributed by atoms with Gasteiger partial charge in [-0.25, -0.2) is 0 Å². The highest BCUT2D eigenvalue weighted by molar-refractivity contribution is 5.13. The highest BCUT2D eigenvalue weighted by Gasteiger charge is 2.54. The smallest absolute Gasteiger partial charge is 0.190 e. The van der Waals surface area contributed by atoms with Gasteiger partial charge in [0.05, 0.1) is 13.2 Å². The maximum atomic E-state index is 6.18. The molecule has 126 valence electrons. The molecule has 3 aliphatic rings. The summed E-state index contributed by atoms with van der Waals surface area (Å²) in [6, 6.07) is 10.1. The molecule has 4 rings (SSSR count). The van der Waals surface area contributed by atoms with Crippen LogP contribution in [0.25, 0.3) is 0 Å². The molecule has 0 amide bonds.